The molecule has 4 aromatic rings. The smallest absolute Gasteiger partial charge is 0.319 e. The van der Waals surface area contributed by atoms with Gasteiger partial charge in [-0.15, -0.1) is 0 Å². The Morgan fingerprint density at radius 3 is 2.79 bits per heavy atom. The first kappa shape index (κ1) is 27.2. The van der Waals surface area contributed by atoms with Crippen LogP contribution in [0.3, 0.4) is 0 Å². The highest BCUT2D eigenvalue weighted by Gasteiger charge is 2.49. The summed E-state index contributed by atoms with van der Waals surface area (Å²) < 4.78 is 51.9. The second-order valence-electron chi connectivity index (χ2n) is 11.7. The molecule has 3 saturated heterocycles. The van der Waals surface area contributed by atoms with Gasteiger partial charge in [0.25, 0.3) is 0 Å². The highest BCUT2D eigenvalue weighted by atomic mass is 19.1. The second kappa shape index (κ2) is 10.2. The molecule has 0 radical (unpaired) electrons. The van der Waals surface area contributed by atoms with E-state index in [1.165, 1.54) is 24.4 Å². The molecule has 2 N–H and O–H groups in total. The van der Waals surface area contributed by atoms with Crippen molar-refractivity contribution in [1.82, 2.24) is 19.9 Å². The number of anilines is 1. The molecule has 11 heteroatoms. The first-order valence-corrected chi connectivity index (χ1v) is 14.5. The van der Waals surface area contributed by atoms with Gasteiger partial charge < -0.3 is 19.8 Å². The predicted molar refractivity (Wildman–Crippen MR) is 153 cm³/mol. The fourth-order valence-electron chi connectivity index (χ4n) is 7.08. The average Bonchev–Trinajstić information content (AvgIpc) is 3.47. The summed E-state index contributed by atoms with van der Waals surface area (Å²) in [5.41, 5.74) is 0.0840. The zero-order chi connectivity index (χ0) is 29.2. The first-order chi connectivity index (χ1) is 20.3. The summed E-state index contributed by atoms with van der Waals surface area (Å²) >= 11 is 0. The highest BCUT2D eigenvalue weighted by Crippen LogP contribution is 2.42. The van der Waals surface area contributed by atoms with E-state index in [2.05, 4.69) is 19.9 Å². The van der Waals surface area contributed by atoms with Crippen molar-refractivity contribution in [3.63, 3.8) is 0 Å². The number of fused-ring (bicyclic) bond motifs is 3. The van der Waals surface area contributed by atoms with Crippen LogP contribution >= 0.6 is 0 Å². The van der Waals surface area contributed by atoms with Crippen molar-refractivity contribution in [2.24, 2.45) is 0 Å². The third kappa shape index (κ3) is 4.24. The summed E-state index contributed by atoms with van der Waals surface area (Å²) in [7, 11) is 0. The number of aliphatic hydroxyl groups is 1. The summed E-state index contributed by atoms with van der Waals surface area (Å²) in [4.78, 5) is 17.6. The van der Waals surface area contributed by atoms with E-state index in [1.54, 1.807) is 6.07 Å². The van der Waals surface area contributed by atoms with Gasteiger partial charge >= 0.3 is 6.01 Å². The number of phenols is 1. The molecule has 3 aliphatic heterocycles. The quantitative estimate of drug-likeness (QED) is 0.319. The minimum atomic E-state index is -0.922. The van der Waals surface area contributed by atoms with Gasteiger partial charge in [0, 0.05) is 31.3 Å². The normalized spacial score (nSPS) is 24.0. The summed E-state index contributed by atoms with van der Waals surface area (Å²) in [6.45, 7) is 3.69. The molecule has 0 spiro atoms. The number of alkyl halides is 1. The number of benzene rings is 2. The van der Waals surface area contributed by atoms with Crippen LogP contribution in [0, 0.1) is 11.6 Å². The van der Waals surface area contributed by atoms with Gasteiger partial charge in [0.15, 0.2) is 5.82 Å². The van der Waals surface area contributed by atoms with E-state index in [4.69, 9.17) is 4.74 Å². The Bertz CT molecular complexity index is 1700. The van der Waals surface area contributed by atoms with E-state index >= 15 is 4.39 Å². The summed E-state index contributed by atoms with van der Waals surface area (Å²) in [6, 6.07) is 5.56. The highest BCUT2D eigenvalue weighted by molar-refractivity contribution is 6.01. The van der Waals surface area contributed by atoms with E-state index in [0.717, 1.165) is 25.8 Å². The number of hydrogen-bond acceptors (Lipinski definition) is 8. The van der Waals surface area contributed by atoms with Gasteiger partial charge in [0.05, 0.1) is 23.6 Å². The van der Waals surface area contributed by atoms with Crippen LogP contribution in [0.15, 0.2) is 30.5 Å². The van der Waals surface area contributed by atoms with Crippen LogP contribution in [0.2, 0.25) is 0 Å². The SMILES string of the molecule is CCc1c(F)ccc2cc(O)cc(-c3ncc4c(N5CC[C@H]5CO)nc(OC[C@@]56CCCN5C[C@H](F)C6)nc4c3F)c12. The number of nitrogens with zero attached hydrogens (tertiary/aromatic N) is 5. The molecule has 5 heterocycles. The van der Waals surface area contributed by atoms with Crippen molar-refractivity contribution in [3.8, 4) is 23.0 Å². The maximum atomic E-state index is 16.6. The second-order valence-corrected chi connectivity index (χ2v) is 11.7. The standard InChI is InChI=1S/C31H32F3N5O3/c1-2-21-24(33)5-4-17-10-20(41)11-22(25(17)21)27-26(34)28-23(13-35-27)29(39-9-6-19(39)15-40)37-30(36-28)42-16-31-7-3-8-38(31)14-18(32)12-31/h4-5,10-11,13,18-19,40-41H,2-3,6-9,12,14-16H2,1H3/t18-,19+,31+/m1/s1. The summed E-state index contributed by atoms with van der Waals surface area (Å²) in [5, 5.41) is 21.7. The lowest BCUT2D eigenvalue weighted by atomic mass is 9.94. The molecule has 42 heavy (non-hydrogen) atoms. The molecule has 3 atom stereocenters. The number of aliphatic hydroxyl groups excluding tert-OH is 1. The van der Waals surface area contributed by atoms with Crippen LogP contribution in [-0.2, 0) is 6.42 Å². The first-order valence-electron chi connectivity index (χ1n) is 14.5. The van der Waals surface area contributed by atoms with Crippen LogP contribution in [-0.4, -0.2) is 80.7 Å². The molecule has 7 rings (SSSR count). The van der Waals surface area contributed by atoms with Crippen molar-refractivity contribution >= 4 is 27.5 Å². The molecule has 220 valence electrons. The number of rotatable bonds is 7. The number of pyridine rings is 1. The van der Waals surface area contributed by atoms with Gasteiger partial charge in [-0.25, -0.2) is 13.2 Å². The number of aryl methyl sites for hydroxylation is 1. The largest absolute Gasteiger partial charge is 0.508 e. The molecule has 3 aliphatic rings. The van der Waals surface area contributed by atoms with Crippen molar-refractivity contribution in [1.29, 1.82) is 0 Å². The van der Waals surface area contributed by atoms with Crippen molar-refractivity contribution < 1.29 is 28.1 Å². The lowest BCUT2D eigenvalue weighted by molar-refractivity contribution is 0.107. The molecule has 2 aromatic carbocycles. The summed E-state index contributed by atoms with van der Waals surface area (Å²) in [5.74, 6) is -0.885. The Morgan fingerprint density at radius 1 is 1.17 bits per heavy atom. The van der Waals surface area contributed by atoms with E-state index in [9.17, 15) is 19.0 Å². The Hall–Kier alpha value is -3.70. The number of halogens is 3. The Labute approximate surface area is 240 Å². The van der Waals surface area contributed by atoms with Gasteiger partial charge in [0.2, 0.25) is 0 Å². The van der Waals surface area contributed by atoms with Crippen molar-refractivity contribution in [3.05, 3.63) is 47.7 Å². The van der Waals surface area contributed by atoms with Gasteiger partial charge in [0.1, 0.15) is 41.4 Å². The van der Waals surface area contributed by atoms with Crippen molar-refractivity contribution in [2.45, 2.75) is 56.8 Å². The fourth-order valence-corrected chi connectivity index (χ4v) is 7.08. The fraction of sp³-hybridized carbons (Fsp3) is 0.452. The van der Waals surface area contributed by atoms with Crippen LogP contribution in [0.25, 0.3) is 32.9 Å². The number of ether oxygens (including phenoxy) is 1. The van der Waals surface area contributed by atoms with Crippen LogP contribution in [0.1, 0.15) is 38.2 Å². The Kier molecular flexibility index (Phi) is 6.62. The van der Waals surface area contributed by atoms with E-state index < -0.39 is 23.3 Å². The molecular formula is C31H32F3N5O3. The van der Waals surface area contributed by atoms with Gasteiger partial charge in [-0.05, 0) is 66.8 Å². The zero-order valence-electron chi connectivity index (χ0n) is 23.3. The van der Waals surface area contributed by atoms with Crippen LogP contribution in [0.5, 0.6) is 11.8 Å². The minimum Gasteiger partial charge on any atom is -0.508 e. The van der Waals surface area contributed by atoms with E-state index in [-0.39, 0.29) is 47.8 Å². The van der Waals surface area contributed by atoms with E-state index in [0.29, 0.717) is 53.5 Å². The number of aromatic hydroxyl groups is 1. The molecular weight excluding hydrogens is 547 g/mol. The molecule has 0 amide bonds. The lowest BCUT2D eigenvalue weighted by Crippen LogP contribution is -2.50. The Balaban J connectivity index is 1.37. The number of phenolic OH excluding ortho intramolecular Hbond substituents is 1. The van der Waals surface area contributed by atoms with E-state index in [1.807, 2.05) is 11.8 Å². The molecule has 2 aromatic heterocycles. The third-order valence-corrected chi connectivity index (χ3v) is 9.26. The minimum absolute atomic E-state index is 0.0369. The van der Waals surface area contributed by atoms with Gasteiger partial charge in [-0.3, -0.25) is 9.88 Å². The number of aromatic nitrogens is 3. The van der Waals surface area contributed by atoms with Crippen LogP contribution < -0.4 is 9.64 Å². The van der Waals surface area contributed by atoms with Crippen LogP contribution in [0.4, 0.5) is 19.0 Å². The molecule has 0 bridgehead atoms. The predicted octanol–water partition coefficient (Wildman–Crippen LogP) is 4.92. The number of hydrogen-bond donors (Lipinski definition) is 2. The topological polar surface area (TPSA) is 94.8 Å². The summed E-state index contributed by atoms with van der Waals surface area (Å²) in [6.07, 6.45) is 3.79. The molecule has 0 unspecified atom stereocenters. The molecule has 3 fully saturated rings. The molecule has 0 saturated carbocycles. The van der Waals surface area contributed by atoms with Crippen molar-refractivity contribution in [2.75, 3.05) is 37.7 Å². The Morgan fingerprint density at radius 2 is 2.02 bits per heavy atom. The van der Waals surface area contributed by atoms with Gasteiger partial charge in [-0.1, -0.05) is 13.0 Å². The maximum absolute atomic E-state index is 16.6. The maximum Gasteiger partial charge on any atom is 0.319 e. The zero-order valence-corrected chi connectivity index (χ0v) is 23.3. The molecule has 0 aliphatic carbocycles. The van der Waals surface area contributed by atoms with Gasteiger partial charge in [-0.2, -0.15) is 9.97 Å². The molecule has 8 nitrogen and oxygen atoms in total. The monoisotopic (exact) mass is 579 g/mol. The average molecular weight is 580 g/mol. The lowest BCUT2D eigenvalue weighted by Gasteiger charge is -2.41. The third-order valence-electron chi connectivity index (χ3n) is 9.26.